The first-order chi connectivity index (χ1) is 70.7. The first-order valence-electron chi connectivity index (χ1n) is 51.5. The molecule has 0 fully saturated rings. The van der Waals surface area contributed by atoms with Gasteiger partial charge in [0.25, 0.3) is 0 Å². The third-order valence-corrected chi connectivity index (χ3v) is 29.4. The summed E-state index contributed by atoms with van der Waals surface area (Å²) in [5.41, 5.74) is 32.2. The summed E-state index contributed by atoms with van der Waals surface area (Å²) in [6, 6.07) is 147. The predicted molar refractivity (Wildman–Crippen MR) is 621 cm³/mol. The molecule has 8 heteroatoms. The molecule has 26 aromatic rings. The maximum Gasteiger partial charge on any atom is 0.159 e. The fourth-order valence-electron chi connectivity index (χ4n) is 23.4. The van der Waals surface area contributed by atoms with Gasteiger partial charge in [0.05, 0.1) is 56.9 Å². The number of nitrogens with zero attached hydrogens (tertiary/aromatic N) is 4. The minimum atomic E-state index is 0.0807. The van der Waals surface area contributed by atoms with Crippen LogP contribution in [0.25, 0.3) is 175 Å². The van der Waals surface area contributed by atoms with Crippen molar-refractivity contribution in [2.24, 2.45) is 21.7 Å². The smallest absolute Gasteiger partial charge is 0.159 e. The summed E-state index contributed by atoms with van der Waals surface area (Å²) in [6.07, 6.45) is 3.65. The number of benzene rings is 22. The van der Waals surface area contributed by atoms with Gasteiger partial charge in [0.15, 0.2) is 22.3 Å². The Hall–Kier alpha value is -16.7. The maximum absolute atomic E-state index is 7.25. The van der Waals surface area contributed by atoms with Gasteiger partial charge in [-0.1, -0.05) is 410 Å². The second-order valence-corrected chi connectivity index (χ2v) is 45.1. The van der Waals surface area contributed by atoms with Gasteiger partial charge in [-0.15, -0.1) is 0 Å². The number of rotatable bonds is 18. The molecule has 0 unspecified atom stereocenters. The zero-order valence-electron chi connectivity index (χ0n) is 85.4. The van der Waals surface area contributed by atoms with Gasteiger partial charge in [0.1, 0.15) is 22.3 Å². The summed E-state index contributed by atoms with van der Waals surface area (Å²) >= 11 is 0. The molecule has 4 heterocycles. The van der Waals surface area contributed by atoms with E-state index in [4.69, 9.17) is 17.7 Å². The number of hydrogen-bond donors (Lipinski definition) is 0. The number of aryl methyl sites for hydroxylation is 2. The molecular formula is C138H116N4O4. The summed E-state index contributed by atoms with van der Waals surface area (Å²) in [7, 11) is 0. The van der Waals surface area contributed by atoms with Crippen LogP contribution in [0, 0.1) is 35.5 Å². The van der Waals surface area contributed by atoms with E-state index in [1.165, 1.54) is 87.2 Å². The summed E-state index contributed by atoms with van der Waals surface area (Å²) in [5, 5.41) is 23.3. The normalized spacial score (nSPS) is 12.4. The zero-order chi connectivity index (χ0) is 99.5. The van der Waals surface area contributed by atoms with E-state index in [1.54, 1.807) is 0 Å². The van der Waals surface area contributed by atoms with Crippen molar-refractivity contribution < 1.29 is 17.7 Å². The molecule has 0 radical (unpaired) electrons. The van der Waals surface area contributed by atoms with Crippen LogP contribution >= 0.6 is 0 Å². The summed E-state index contributed by atoms with van der Waals surface area (Å²) in [5.74, 6) is 0. The molecule has 0 saturated carbocycles. The van der Waals surface area contributed by atoms with Crippen molar-refractivity contribution in [3.05, 3.63) is 434 Å². The lowest BCUT2D eigenvalue weighted by Crippen LogP contribution is -2.13. The van der Waals surface area contributed by atoms with Crippen molar-refractivity contribution in [1.29, 1.82) is 0 Å². The van der Waals surface area contributed by atoms with E-state index in [1.807, 2.05) is 0 Å². The van der Waals surface area contributed by atoms with Gasteiger partial charge in [-0.25, -0.2) is 0 Å². The monoisotopic (exact) mass is 1890 g/mol. The van der Waals surface area contributed by atoms with Crippen LogP contribution in [0.2, 0.25) is 0 Å². The van der Waals surface area contributed by atoms with E-state index in [2.05, 4.69) is 517 Å². The van der Waals surface area contributed by atoms with Crippen LogP contribution in [0.5, 0.6) is 0 Å². The zero-order valence-corrected chi connectivity index (χ0v) is 85.4. The SMILES string of the molecule is CC(C)(C)Cc1cccc2c1oc1c(N(c3ccccc3-c3ccccc3)c3ccc4ccc5c(N(c6ccccc6-c6ccccc6)c6cccc7c6oc6c(CC(C)(C)C)cccc67)ccc6ccc3c4c65)cccc12.Cc1ccc(N(c2ccc3ccc4c(N(c5ccc(C)cc5)c5cccc6c5oc5c(CC(C)(C)C)cccc56)ccc5ccc2c3c54)c2cccc3c2oc2c(CC(C)(C)C)cccc23)cc1. The summed E-state index contributed by atoms with van der Waals surface area (Å²) in [6.45, 7) is 31.8. The highest BCUT2D eigenvalue weighted by atomic mass is 16.3. The van der Waals surface area contributed by atoms with Crippen molar-refractivity contribution in [3.8, 4) is 22.3 Å². The largest absolute Gasteiger partial charge is 0.454 e. The van der Waals surface area contributed by atoms with Crippen molar-refractivity contribution in [3.63, 3.8) is 0 Å². The molecule has 0 N–H and O–H groups in total. The second-order valence-electron chi connectivity index (χ2n) is 45.1. The van der Waals surface area contributed by atoms with Crippen LogP contribution in [0.3, 0.4) is 0 Å². The van der Waals surface area contributed by atoms with Crippen LogP contribution in [-0.4, -0.2) is 0 Å². The van der Waals surface area contributed by atoms with Crippen LogP contribution in [0.4, 0.5) is 68.2 Å². The van der Waals surface area contributed by atoms with Crippen molar-refractivity contribution >= 4 is 221 Å². The van der Waals surface area contributed by atoms with Crippen LogP contribution in [-0.2, 0) is 25.7 Å². The Kier molecular flexibility index (Phi) is 21.8. The van der Waals surface area contributed by atoms with E-state index in [0.717, 1.165) is 215 Å². The van der Waals surface area contributed by atoms with Gasteiger partial charge in [0.2, 0.25) is 0 Å². The van der Waals surface area contributed by atoms with Gasteiger partial charge in [-0.2, -0.15) is 0 Å². The van der Waals surface area contributed by atoms with Gasteiger partial charge in [-0.3, -0.25) is 0 Å². The molecule has 0 atom stereocenters. The molecule has 146 heavy (non-hydrogen) atoms. The molecule has 4 aromatic heterocycles. The standard InChI is InChI=1S/C74H60N2O2.C64H56N2O2/c1-73(2,3)45-51-25-17-29-55-57-31-19-35-65(71(57)77-69(51)55)75(61-33-15-13-27-53(61)47-21-9-7-10-22-47)63-43-39-49-38-42-60-64(44-40-50-37-41-59(63)67(49)68(50)60)76(62-34-16-14-28-54(62)48-23-11-8-12-24-48)66-36-20-32-58-56-30-18-26-52(46-74(4,5)6)70(56)78-72(58)66;1-39-21-29-45(30-22-39)65(55-19-11-17-49-47-15-9-13-43(37-63(3,4)5)59(47)67-61(49)55)53-35-27-41-26-34-52-54(36-28-42-25-33-51(53)57(41)58(42)52)66(46-31-23-40(2)24-32-46)56-20-12-18-50-48-16-10-14-44(38-64(6,7)8)60(48)68-62(50)56/h7-44H,45-46H2,1-6H3;9-36H,37-38H2,1-8H3. The number of anilines is 12. The minimum absolute atomic E-state index is 0.0807. The van der Waals surface area contributed by atoms with E-state index in [-0.39, 0.29) is 21.7 Å². The lowest BCUT2D eigenvalue weighted by molar-refractivity contribution is 0.410. The van der Waals surface area contributed by atoms with Gasteiger partial charge < -0.3 is 37.3 Å². The molecule has 22 aromatic carbocycles. The summed E-state index contributed by atoms with van der Waals surface area (Å²) in [4.78, 5) is 9.74. The molecule has 0 aliphatic heterocycles. The fourth-order valence-corrected chi connectivity index (χ4v) is 23.4. The Morgan fingerprint density at radius 1 is 0.171 bits per heavy atom. The molecular weight excluding hydrogens is 1780 g/mol. The molecule has 0 saturated heterocycles. The second kappa shape index (κ2) is 35.1. The van der Waals surface area contributed by atoms with Crippen LogP contribution in [0.1, 0.15) is 116 Å². The Bertz CT molecular complexity index is 9030. The lowest BCUT2D eigenvalue weighted by Gasteiger charge is -2.31. The average molecular weight is 1890 g/mol. The molecule has 0 spiro atoms. The molecule has 8 nitrogen and oxygen atoms in total. The molecule has 0 aliphatic rings. The molecule has 0 aliphatic carbocycles. The quantitative estimate of drug-likeness (QED) is 0.0788. The Labute approximate surface area is 852 Å². The molecule has 712 valence electrons. The third kappa shape index (κ3) is 15.9. The van der Waals surface area contributed by atoms with E-state index in [9.17, 15) is 0 Å². The third-order valence-electron chi connectivity index (χ3n) is 29.4. The van der Waals surface area contributed by atoms with E-state index < -0.39 is 0 Å². The minimum Gasteiger partial charge on any atom is -0.454 e. The molecule has 26 rings (SSSR count). The van der Waals surface area contributed by atoms with Crippen molar-refractivity contribution in [2.45, 2.75) is 123 Å². The first kappa shape index (κ1) is 90.6. The number of furan rings is 4. The van der Waals surface area contributed by atoms with Crippen LogP contribution < -0.4 is 19.6 Å². The number of fused-ring (bicyclic) bond motifs is 12. The van der Waals surface area contributed by atoms with Gasteiger partial charge >= 0.3 is 0 Å². The molecule has 0 amide bonds. The fraction of sp³-hybridized carbons (Fsp3) is 0.159. The molecule has 0 bridgehead atoms. The number of hydrogen-bond acceptors (Lipinski definition) is 8. The van der Waals surface area contributed by atoms with Gasteiger partial charge in [-0.05, 0) is 223 Å². The summed E-state index contributed by atoms with van der Waals surface area (Å²) < 4.78 is 28.7. The van der Waals surface area contributed by atoms with Crippen molar-refractivity contribution in [1.82, 2.24) is 0 Å². The van der Waals surface area contributed by atoms with Crippen LogP contribution in [0.15, 0.2) is 418 Å². The topological polar surface area (TPSA) is 65.5 Å². The highest BCUT2D eigenvalue weighted by Gasteiger charge is 2.34. The Morgan fingerprint density at radius 3 is 0.658 bits per heavy atom. The van der Waals surface area contributed by atoms with E-state index >= 15 is 0 Å². The highest BCUT2D eigenvalue weighted by Crippen LogP contribution is 2.57. The first-order valence-corrected chi connectivity index (χ1v) is 51.5. The Balaban J connectivity index is 0.000000154. The highest BCUT2D eigenvalue weighted by molar-refractivity contribution is 6.31. The Morgan fingerprint density at radius 2 is 0.390 bits per heavy atom. The van der Waals surface area contributed by atoms with Gasteiger partial charge in [0, 0.05) is 87.1 Å². The van der Waals surface area contributed by atoms with Crippen molar-refractivity contribution in [2.75, 3.05) is 19.6 Å². The number of para-hydroxylation sites is 10. The average Bonchev–Trinajstić information content (AvgIpc) is 1.13. The predicted octanol–water partition coefficient (Wildman–Crippen LogP) is 41.0. The maximum atomic E-state index is 7.25. The van der Waals surface area contributed by atoms with E-state index in [0.29, 0.717) is 0 Å². The lowest BCUT2D eigenvalue weighted by atomic mass is 9.87.